The van der Waals surface area contributed by atoms with Crippen LogP contribution in [0.5, 0.6) is 5.75 Å². The van der Waals surface area contributed by atoms with E-state index in [-0.39, 0.29) is 6.61 Å². The normalized spacial score (nSPS) is 9.88. The molecule has 4 nitrogen and oxygen atoms in total. The Morgan fingerprint density at radius 1 is 1.56 bits per heavy atom. The molecule has 0 saturated carbocycles. The molecule has 1 amide bonds. The summed E-state index contributed by atoms with van der Waals surface area (Å²) in [5.74, 6) is -0.138. The third-order valence-electron chi connectivity index (χ3n) is 2.03. The molecule has 16 heavy (non-hydrogen) atoms. The van der Waals surface area contributed by atoms with Crippen LogP contribution < -0.4 is 10.5 Å². The lowest BCUT2D eigenvalue weighted by molar-refractivity contribution is -0.119. The quantitative estimate of drug-likeness (QED) is 0.837. The Kier molecular flexibility index (Phi) is 4.49. The SMILES string of the molecule is CCc1cc(Br)cc(C=O)c1OCC(N)=O. The Labute approximate surface area is 102 Å². The van der Waals surface area contributed by atoms with Gasteiger partial charge in [0.1, 0.15) is 5.75 Å². The smallest absolute Gasteiger partial charge is 0.255 e. The molecule has 0 spiro atoms. The van der Waals surface area contributed by atoms with Gasteiger partial charge in [-0.1, -0.05) is 22.9 Å². The third-order valence-corrected chi connectivity index (χ3v) is 2.48. The zero-order chi connectivity index (χ0) is 12.1. The highest BCUT2D eigenvalue weighted by Crippen LogP contribution is 2.28. The first-order valence-corrected chi connectivity index (χ1v) is 5.56. The molecule has 1 aromatic rings. The van der Waals surface area contributed by atoms with Crippen molar-refractivity contribution < 1.29 is 14.3 Å². The summed E-state index contributed by atoms with van der Waals surface area (Å²) in [6, 6.07) is 3.49. The Morgan fingerprint density at radius 3 is 2.75 bits per heavy atom. The predicted octanol–water partition coefficient (Wildman–Crippen LogP) is 1.69. The number of carbonyl (C=O) groups is 2. The predicted molar refractivity (Wildman–Crippen MR) is 63.6 cm³/mol. The molecule has 1 rings (SSSR count). The summed E-state index contributed by atoms with van der Waals surface area (Å²) < 4.78 is 6.04. The fourth-order valence-corrected chi connectivity index (χ4v) is 1.87. The highest BCUT2D eigenvalue weighted by Gasteiger charge is 2.11. The van der Waals surface area contributed by atoms with Crippen LogP contribution in [-0.4, -0.2) is 18.8 Å². The zero-order valence-corrected chi connectivity index (χ0v) is 10.4. The first-order chi connectivity index (χ1) is 7.58. The molecular formula is C11H12BrNO3. The zero-order valence-electron chi connectivity index (χ0n) is 8.83. The summed E-state index contributed by atoms with van der Waals surface area (Å²) in [7, 11) is 0. The number of aryl methyl sites for hydroxylation is 1. The lowest BCUT2D eigenvalue weighted by atomic mass is 10.1. The molecule has 86 valence electrons. The minimum absolute atomic E-state index is 0.227. The molecule has 0 unspecified atom stereocenters. The third kappa shape index (κ3) is 3.06. The first kappa shape index (κ1) is 12.7. The number of halogens is 1. The molecule has 2 N–H and O–H groups in total. The Morgan fingerprint density at radius 2 is 2.25 bits per heavy atom. The van der Waals surface area contributed by atoms with E-state index in [1.165, 1.54) is 0 Å². The van der Waals surface area contributed by atoms with Crippen molar-refractivity contribution in [3.05, 3.63) is 27.7 Å². The molecule has 0 radical (unpaired) electrons. The molecule has 0 heterocycles. The highest BCUT2D eigenvalue weighted by molar-refractivity contribution is 9.10. The van der Waals surface area contributed by atoms with Crippen molar-refractivity contribution >= 4 is 28.1 Å². The van der Waals surface area contributed by atoms with Gasteiger partial charge in [-0.25, -0.2) is 0 Å². The van der Waals surface area contributed by atoms with E-state index in [1.54, 1.807) is 6.07 Å². The van der Waals surface area contributed by atoms with Crippen LogP contribution in [0.2, 0.25) is 0 Å². The molecule has 0 aliphatic heterocycles. The molecule has 0 atom stereocenters. The number of nitrogens with two attached hydrogens (primary N) is 1. The Hall–Kier alpha value is -1.36. The van der Waals surface area contributed by atoms with Crippen molar-refractivity contribution in [1.82, 2.24) is 0 Å². The molecule has 5 heteroatoms. The van der Waals surface area contributed by atoms with Gasteiger partial charge in [-0.3, -0.25) is 9.59 Å². The summed E-state index contributed by atoms with van der Waals surface area (Å²) >= 11 is 3.30. The minimum atomic E-state index is -0.568. The van der Waals surface area contributed by atoms with Gasteiger partial charge in [0.25, 0.3) is 5.91 Å². The van der Waals surface area contributed by atoms with E-state index in [9.17, 15) is 9.59 Å². The van der Waals surface area contributed by atoms with Crippen LogP contribution in [0, 0.1) is 0 Å². The molecule has 0 bridgehead atoms. The Balaban J connectivity index is 3.11. The van der Waals surface area contributed by atoms with Crippen LogP contribution in [0.1, 0.15) is 22.8 Å². The molecule has 0 saturated heterocycles. The lowest BCUT2D eigenvalue weighted by Crippen LogP contribution is -2.21. The minimum Gasteiger partial charge on any atom is -0.483 e. The monoisotopic (exact) mass is 285 g/mol. The highest BCUT2D eigenvalue weighted by atomic mass is 79.9. The Bertz CT molecular complexity index is 418. The van der Waals surface area contributed by atoms with Crippen molar-refractivity contribution in [3.63, 3.8) is 0 Å². The summed E-state index contributed by atoms with van der Waals surface area (Å²) in [6.45, 7) is 1.71. The van der Waals surface area contributed by atoms with E-state index >= 15 is 0 Å². The molecule has 0 aromatic heterocycles. The molecule has 0 aliphatic rings. The van der Waals surface area contributed by atoms with E-state index in [0.717, 1.165) is 10.0 Å². The van der Waals surface area contributed by atoms with Crippen molar-refractivity contribution in [2.75, 3.05) is 6.61 Å². The van der Waals surface area contributed by atoms with E-state index in [0.29, 0.717) is 24.0 Å². The van der Waals surface area contributed by atoms with Gasteiger partial charge in [0, 0.05) is 4.47 Å². The summed E-state index contributed by atoms with van der Waals surface area (Å²) in [4.78, 5) is 21.5. The van der Waals surface area contributed by atoms with E-state index < -0.39 is 5.91 Å². The van der Waals surface area contributed by atoms with Gasteiger partial charge in [0.05, 0.1) is 5.56 Å². The number of amides is 1. The van der Waals surface area contributed by atoms with Crippen molar-refractivity contribution in [2.24, 2.45) is 5.73 Å². The fraction of sp³-hybridized carbons (Fsp3) is 0.273. The van der Waals surface area contributed by atoms with E-state index in [1.807, 2.05) is 13.0 Å². The number of ether oxygens (including phenoxy) is 1. The number of benzene rings is 1. The van der Waals surface area contributed by atoms with Gasteiger partial charge in [0.15, 0.2) is 12.9 Å². The van der Waals surface area contributed by atoms with Crippen LogP contribution >= 0.6 is 15.9 Å². The number of carbonyl (C=O) groups excluding carboxylic acids is 2. The van der Waals surface area contributed by atoms with Crippen LogP contribution in [0.3, 0.4) is 0 Å². The molecular weight excluding hydrogens is 274 g/mol. The number of aldehydes is 1. The van der Waals surface area contributed by atoms with Gasteiger partial charge in [-0.2, -0.15) is 0 Å². The van der Waals surface area contributed by atoms with E-state index in [4.69, 9.17) is 10.5 Å². The van der Waals surface area contributed by atoms with Gasteiger partial charge in [-0.05, 0) is 24.1 Å². The van der Waals surface area contributed by atoms with Crippen LogP contribution in [0.4, 0.5) is 0 Å². The van der Waals surface area contributed by atoms with Crippen LogP contribution in [0.25, 0.3) is 0 Å². The largest absolute Gasteiger partial charge is 0.483 e. The molecule has 0 fully saturated rings. The average Bonchev–Trinajstić information content (AvgIpc) is 2.25. The average molecular weight is 286 g/mol. The van der Waals surface area contributed by atoms with Crippen LogP contribution in [0.15, 0.2) is 16.6 Å². The van der Waals surface area contributed by atoms with Gasteiger partial charge >= 0.3 is 0 Å². The van der Waals surface area contributed by atoms with Gasteiger partial charge in [-0.15, -0.1) is 0 Å². The van der Waals surface area contributed by atoms with Crippen LogP contribution in [-0.2, 0) is 11.2 Å². The van der Waals surface area contributed by atoms with Gasteiger partial charge in [0.2, 0.25) is 0 Å². The second-order valence-electron chi connectivity index (χ2n) is 3.21. The first-order valence-electron chi connectivity index (χ1n) is 4.77. The lowest BCUT2D eigenvalue weighted by Gasteiger charge is -2.12. The summed E-state index contributed by atoms with van der Waals surface area (Å²) in [6.07, 6.45) is 1.40. The van der Waals surface area contributed by atoms with Crippen molar-refractivity contribution in [3.8, 4) is 5.75 Å². The van der Waals surface area contributed by atoms with E-state index in [2.05, 4.69) is 15.9 Å². The molecule has 1 aromatic carbocycles. The number of primary amides is 1. The maximum absolute atomic E-state index is 10.9. The number of hydrogen-bond acceptors (Lipinski definition) is 3. The summed E-state index contributed by atoms with van der Waals surface area (Å²) in [5.41, 5.74) is 6.26. The maximum atomic E-state index is 10.9. The number of rotatable bonds is 5. The molecule has 0 aliphatic carbocycles. The second kappa shape index (κ2) is 5.65. The fourth-order valence-electron chi connectivity index (χ4n) is 1.34. The van der Waals surface area contributed by atoms with Gasteiger partial charge < -0.3 is 10.5 Å². The summed E-state index contributed by atoms with van der Waals surface area (Å²) in [5, 5.41) is 0. The topological polar surface area (TPSA) is 69.4 Å². The maximum Gasteiger partial charge on any atom is 0.255 e. The van der Waals surface area contributed by atoms with Crippen molar-refractivity contribution in [2.45, 2.75) is 13.3 Å². The van der Waals surface area contributed by atoms with Crippen molar-refractivity contribution in [1.29, 1.82) is 0 Å². The number of hydrogen-bond donors (Lipinski definition) is 1. The second-order valence-corrected chi connectivity index (χ2v) is 4.13. The standard InChI is InChI=1S/C11H12BrNO3/c1-2-7-3-9(12)4-8(5-14)11(7)16-6-10(13)15/h3-5H,2,6H2,1H3,(H2,13,15).